The molecule has 1 aliphatic heterocycles. The molecule has 0 spiro atoms. The second-order valence-corrected chi connectivity index (χ2v) is 7.24. The van der Waals surface area contributed by atoms with Crippen molar-refractivity contribution in [2.75, 3.05) is 12.8 Å². The minimum Gasteiger partial charge on any atom is -0.249 e. The first-order chi connectivity index (χ1) is 7.64. The molecule has 0 radical (unpaired) electrons. The molecule has 3 nitrogen and oxygen atoms in total. The molecule has 2 heterocycles. The molecule has 2 rings (SSSR count). The van der Waals surface area contributed by atoms with E-state index < -0.39 is 9.73 Å². The van der Waals surface area contributed by atoms with E-state index in [1.807, 2.05) is 6.07 Å². The van der Waals surface area contributed by atoms with E-state index in [-0.39, 0.29) is 5.25 Å². The Hall–Kier alpha value is -0.610. The Morgan fingerprint density at radius 2 is 2.44 bits per heavy atom. The van der Waals surface area contributed by atoms with E-state index in [0.29, 0.717) is 5.15 Å². The number of hydrogen-bond acceptors (Lipinski definition) is 3. The molecular weight excluding hydrogens is 244 g/mol. The Balaban J connectivity index is 2.16. The smallest absolute Gasteiger partial charge is 0.129 e. The lowest BCUT2D eigenvalue weighted by Crippen LogP contribution is -2.18. The van der Waals surface area contributed by atoms with Crippen LogP contribution in [0.3, 0.4) is 0 Å². The average Bonchev–Trinajstić information content (AvgIpc) is 2.65. The predicted octanol–water partition coefficient (Wildman–Crippen LogP) is 2.54. The van der Waals surface area contributed by atoms with Crippen molar-refractivity contribution in [1.29, 1.82) is 0 Å². The fraction of sp³-hybridized carbons (Fsp3) is 0.545. The van der Waals surface area contributed by atoms with Gasteiger partial charge in [0.1, 0.15) is 5.15 Å². The highest BCUT2D eigenvalue weighted by Gasteiger charge is 2.28. The maximum Gasteiger partial charge on any atom is 0.129 e. The van der Waals surface area contributed by atoms with Crippen LogP contribution in [-0.4, -0.2) is 27.2 Å². The topological polar surface area (TPSA) is 42.3 Å². The Bertz CT molecular complexity index is 477. The Morgan fingerprint density at radius 1 is 1.62 bits per heavy atom. The highest BCUT2D eigenvalue weighted by atomic mass is 35.5. The molecule has 1 aliphatic rings. The molecule has 2 unspecified atom stereocenters. The zero-order chi connectivity index (χ0) is 11.6. The summed E-state index contributed by atoms with van der Waals surface area (Å²) in [5.74, 6) is 0.745. The molecule has 1 saturated heterocycles. The first kappa shape index (κ1) is 11.9. The van der Waals surface area contributed by atoms with Gasteiger partial charge in [0.15, 0.2) is 0 Å². The fourth-order valence-electron chi connectivity index (χ4n) is 2.13. The minimum atomic E-state index is -1.98. The average molecular weight is 259 g/mol. The summed E-state index contributed by atoms with van der Waals surface area (Å²) in [6, 6.07) is 3.72. The van der Waals surface area contributed by atoms with Crippen LogP contribution in [0.2, 0.25) is 5.15 Å². The number of halogens is 1. The molecule has 0 aromatic carbocycles. The van der Waals surface area contributed by atoms with Crippen molar-refractivity contribution >= 4 is 21.3 Å². The largest absolute Gasteiger partial charge is 0.249 e. The molecule has 0 N–H and O–H groups in total. The minimum absolute atomic E-state index is 0.181. The third-order valence-corrected chi connectivity index (χ3v) is 6.20. The Labute approximate surface area is 101 Å². The first-order valence-electron chi connectivity index (χ1n) is 5.36. The zero-order valence-corrected chi connectivity index (χ0v) is 10.8. The van der Waals surface area contributed by atoms with E-state index in [0.717, 1.165) is 30.6 Å². The third kappa shape index (κ3) is 2.38. The molecule has 0 saturated carbocycles. The molecule has 1 fully saturated rings. The lowest BCUT2D eigenvalue weighted by molar-refractivity contribution is 0.666. The number of nitrogens with zero attached hydrogens (tertiary/aromatic N) is 2. The van der Waals surface area contributed by atoms with Crippen LogP contribution in [0.1, 0.15) is 18.4 Å². The summed E-state index contributed by atoms with van der Waals surface area (Å²) < 4.78 is 16.4. The van der Waals surface area contributed by atoms with Crippen molar-refractivity contribution in [3.8, 4) is 0 Å². The van der Waals surface area contributed by atoms with Crippen LogP contribution in [0.4, 0.5) is 0 Å². The standard InChI is InChI=1S/C11H15ClN2OS/c1-13-16(15)6-2-3-10(16)7-9-4-5-11(12)14-8-9/h4-5,8,10H,2-3,6-7H2,1H3. The summed E-state index contributed by atoms with van der Waals surface area (Å²) in [7, 11) is -0.309. The van der Waals surface area contributed by atoms with E-state index in [4.69, 9.17) is 11.6 Å². The molecule has 88 valence electrons. The number of aromatic nitrogens is 1. The van der Waals surface area contributed by atoms with Crippen LogP contribution < -0.4 is 0 Å². The fourth-order valence-corrected chi connectivity index (χ4v) is 4.63. The van der Waals surface area contributed by atoms with E-state index in [1.165, 1.54) is 0 Å². The summed E-state index contributed by atoms with van der Waals surface area (Å²) in [4.78, 5) is 4.04. The molecule has 1 aromatic heterocycles. The molecule has 5 heteroatoms. The van der Waals surface area contributed by atoms with Gasteiger partial charge in [-0.05, 0) is 30.9 Å². The van der Waals surface area contributed by atoms with Crippen LogP contribution in [0.5, 0.6) is 0 Å². The van der Waals surface area contributed by atoms with Crippen LogP contribution in [0.25, 0.3) is 0 Å². The predicted molar refractivity (Wildman–Crippen MR) is 67.3 cm³/mol. The maximum atomic E-state index is 12.3. The van der Waals surface area contributed by atoms with Gasteiger partial charge in [-0.25, -0.2) is 13.6 Å². The summed E-state index contributed by atoms with van der Waals surface area (Å²) >= 11 is 5.73. The quantitative estimate of drug-likeness (QED) is 0.765. The second kappa shape index (κ2) is 4.72. The molecule has 2 atom stereocenters. The van der Waals surface area contributed by atoms with Crippen molar-refractivity contribution in [1.82, 2.24) is 4.98 Å². The summed E-state index contributed by atoms with van der Waals surface area (Å²) in [6.07, 6.45) is 4.57. The molecule has 0 aliphatic carbocycles. The van der Waals surface area contributed by atoms with Crippen molar-refractivity contribution in [3.63, 3.8) is 0 Å². The number of hydrogen-bond donors (Lipinski definition) is 0. The first-order valence-corrected chi connectivity index (χ1v) is 7.49. The van der Waals surface area contributed by atoms with Crippen molar-refractivity contribution in [3.05, 3.63) is 29.0 Å². The van der Waals surface area contributed by atoms with Crippen molar-refractivity contribution in [2.24, 2.45) is 4.36 Å². The molecule has 16 heavy (non-hydrogen) atoms. The number of rotatable bonds is 2. The molecule has 1 aromatic rings. The maximum absolute atomic E-state index is 12.3. The zero-order valence-electron chi connectivity index (χ0n) is 9.23. The third-order valence-electron chi connectivity index (χ3n) is 3.04. The van der Waals surface area contributed by atoms with Gasteiger partial charge in [0.2, 0.25) is 0 Å². The van der Waals surface area contributed by atoms with Crippen molar-refractivity contribution < 1.29 is 4.21 Å². The van der Waals surface area contributed by atoms with E-state index in [9.17, 15) is 4.21 Å². The van der Waals surface area contributed by atoms with Gasteiger partial charge in [-0.1, -0.05) is 17.7 Å². The van der Waals surface area contributed by atoms with Gasteiger partial charge >= 0.3 is 0 Å². The summed E-state index contributed by atoms with van der Waals surface area (Å²) in [5, 5.41) is 0.677. The van der Waals surface area contributed by atoms with Gasteiger partial charge < -0.3 is 0 Å². The Kier molecular flexibility index (Phi) is 3.50. The second-order valence-electron chi connectivity index (χ2n) is 4.03. The number of pyridine rings is 1. The van der Waals surface area contributed by atoms with Gasteiger partial charge in [0, 0.05) is 34.0 Å². The van der Waals surface area contributed by atoms with E-state index in [2.05, 4.69) is 9.35 Å². The SMILES string of the molecule is CN=S1(=O)CCCC1Cc1ccc(Cl)nc1. The normalized spacial score (nSPS) is 29.2. The van der Waals surface area contributed by atoms with Gasteiger partial charge in [-0.2, -0.15) is 0 Å². The summed E-state index contributed by atoms with van der Waals surface area (Å²) in [5.41, 5.74) is 1.09. The highest BCUT2D eigenvalue weighted by Crippen LogP contribution is 2.25. The van der Waals surface area contributed by atoms with Gasteiger partial charge in [0.05, 0.1) is 0 Å². The van der Waals surface area contributed by atoms with Gasteiger partial charge in [-0.3, -0.25) is 0 Å². The molecular formula is C11H15ClN2OS. The lowest BCUT2D eigenvalue weighted by Gasteiger charge is -2.12. The van der Waals surface area contributed by atoms with E-state index in [1.54, 1.807) is 19.3 Å². The lowest BCUT2D eigenvalue weighted by atomic mass is 10.1. The monoisotopic (exact) mass is 258 g/mol. The molecule has 0 bridgehead atoms. The van der Waals surface area contributed by atoms with Crippen LogP contribution in [0.15, 0.2) is 22.7 Å². The van der Waals surface area contributed by atoms with E-state index >= 15 is 0 Å². The van der Waals surface area contributed by atoms with Crippen molar-refractivity contribution in [2.45, 2.75) is 24.5 Å². The van der Waals surface area contributed by atoms with Gasteiger partial charge in [-0.15, -0.1) is 0 Å². The highest BCUT2D eigenvalue weighted by molar-refractivity contribution is 7.94. The van der Waals surface area contributed by atoms with Crippen LogP contribution in [0, 0.1) is 0 Å². The van der Waals surface area contributed by atoms with Crippen LogP contribution in [-0.2, 0) is 16.1 Å². The van der Waals surface area contributed by atoms with Gasteiger partial charge in [0.25, 0.3) is 0 Å². The summed E-state index contributed by atoms with van der Waals surface area (Å²) in [6.45, 7) is 0. The Morgan fingerprint density at radius 3 is 3.06 bits per heavy atom. The van der Waals surface area contributed by atoms with Crippen LogP contribution >= 0.6 is 11.6 Å². The molecule has 0 amide bonds.